The number of pyridine rings is 1. The summed E-state index contributed by atoms with van der Waals surface area (Å²) in [5.41, 5.74) is 3.76. The number of benzene rings is 3. The second-order valence-corrected chi connectivity index (χ2v) is 11.8. The molecular formula is C36H40N2O4. The SMILES string of the molecule is CC(C)(C)OC(=O)N1CCC(c2ccc(CCOC(c3ccccc3)(c3ccccc3)c3ccccc3)nc2)C(O)C1. The normalized spacial score (nSPS) is 17.6. The summed E-state index contributed by atoms with van der Waals surface area (Å²) in [6.07, 6.45) is 2.08. The molecule has 3 aromatic carbocycles. The minimum absolute atomic E-state index is 0.0802. The lowest BCUT2D eigenvalue weighted by Crippen LogP contribution is -2.47. The third-order valence-electron chi connectivity index (χ3n) is 7.73. The van der Waals surface area contributed by atoms with Crippen LogP contribution < -0.4 is 0 Å². The van der Waals surface area contributed by atoms with E-state index in [1.165, 1.54) is 0 Å². The first kappa shape index (κ1) is 29.5. The van der Waals surface area contributed by atoms with Gasteiger partial charge in [0.05, 0.1) is 19.3 Å². The highest BCUT2D eigenvalue weighted by molar-refractivity contribution is 5.68. The molecule has 1 fully saturated rings. The zero-order valence-electron chi connectivity index (χ0n) is 24.6. The van der Waals surface area contributed by atoms with Crippen molar-refractivity contribution in [2.24, 2.45) is 0 Å². The first-order valence-electron chi connectivity index (χ1n) is 14.7. The number of β-amino-alcohol motifs (C(OH)–C–C–N with tert-alkyl or cyclic N) is 1. The van der Waals surface area contributed by atoms with E-state index < -0.39 is 17.3 Å². The molecule has 218 valence electrons. The second kappa shape index (κ2) is 12.9. The Morgan fingerprint density at radius 1 is 0.857 bits per heavy atom. The third-order valence-corrected chi connectivity index (χ3v) is 7.73. The maximum atomic E-state index is 12.5. The molecule has 6 heteroatoms. The van der Waals surface area contributed by atoms with Crippen LogP contribution in [0.25, 0.3) is 0 Å². The van der Waals surface area contributed by atoms with Crippen LogP contribution >= 0.6 is 0 Å². The summed E-state index contributed by atoms with van der Waals surface area (Å²) in [5.74, 6) is -0.0802. The van der Waals surface area contributed by atoms with Crippen LogP contribution in [0.5, 0.6) is 0 Å². The highest BCUT2D eigenvalue weighted by Crippen LogP contribution is 2.40. The molecule has 0 radical (unpaired) electrons. The number of nitrogens with zero attached hydrogens (tertiary/aromatic N) is 2. The van der Waals surface area contributed by atoms with E-state index in [4.69, 9.17) is 14.5 Å². The first-order valence-corrected chi connectivity index (χ1v) is 14.7. The van der Waals surface area contributed by atoms with Crippen molar-refractivity contribution in [1.29, 1.82) is 0 Å². The Hall–Kier alpha value is -4.00. The van der Waals surface area contributed by atoms with E-state index in [-0.39, 0.29) is 18.6 Å². The Bertz CT molecular complexity index is 1320. The van der Waals surface area contributed by atoms with E-state index in [0.717, 1.165) is 27.9 Å². The summed E-state index contributed by atoms with van der Waals surface area (Å²) >= 11 is 0. The first-order chi connectivity index (χ1) is 20.3. The molecule has 6 nitrogen and oxygen atoms in total. The lowest BCUT2D eigenvalue weighted by atomic mass is 9.80. The van der Waals surface area contributed by atoms with Gasteiger partial charge in [-0.05, 0) is 55.5 Å². The van der Waals surface area contributed by atoms with Gasteiger partial charge in [0, 0.05) is 30.8 Å². The van der Waals surface area contributed by atoms with Crippen LogP contribution in [0.4, 0.5) is 4.79 Å². The summed E-state index contributed by atoms with van der Waals surface area (Å²) < 4.78 is 12.4. The highest BCUT2D eigenvalue weighted by atomic mass is 16.6. The molecule has 1 saturated heterocycles. The predicted molar refractivity (Wildman–Crippen MR) is 164 cm³/mol. The van der Waals surface area contributed by atoms with Crippen molar-refractivity contribution in [3.05, 3.63) is 137 Å². The number of rotatable bonds is 8. The number of hydrogen-bond donors (Lipinski definition) is 1. The van der Waals surface area contributed by atoms with Crippen LogP contribution in [0.3, 0.4) is 0 Å². The van der Waals surface area contributed by atoms with Crippen LogP contribution in [0, 0.1) is 0 Å². The van der Waals surface area contributed by atoms with E-state index in [1.54, 1.807) is 4.90 Å². The molecule has 2 unspecified atom stereocenters. The fourth-order valence-corrected chi connectivity index (χ4v) is 5.69. The standard InChI is InChI=1S/C36H40N2O4/c1-35(2,3)42-34(40)38-23-21-32(33(39)26-38)27-19-20-31(37-25-27)22-24-41-36(28-13-7-4-8-14-28,29-15-9-5-10-16-29)30-17-11-6-12-18-30/h4-20,25,32-33,39H,21-24,26H2,1-3H3. The zero-order chi connectivity index (χ0) is 29.6. The van der Waals surface area contributed by atoms with E-state index in [2.05, 4.69) is 36.4 Å². The molecule has 1 aliphatic rings. The van der Waals surface area contributed by atoms with Crippen molar-refractivity contribution in [3.63, 3.8) is 0 Å². The highest BCUT2D eigenvalue weighted by Gasteiger charge is 2.37. The topological polar surface area (TPSA) is 71.9 Å². The molecule has 5 rings (SSSR count). The van der Waals surface area contributed by atoms with E-state index >= 15 is 0 Å². The largest absolute Gasteiger partial charge is 0.444 e. The van der Waals surface area contributed by atoms with Gasteiger partial charge in [-0.15, -0.1) is 0 Å². The fraction of sp³-hybridized carbons (Fsp3) is 0.333. The molecule has 4 aromatic rings. The number of carbonyl (C=O) groups is 1. The van der Waals surface area contributed by atoms with Gasteiger partial charge in [-0.25, -0.2) is 4.79 Å². The van der Waals surface area contributed by atoms with Gasteiger partial charge in [0.1, 0.15) is 11.2 Å². The molecule has 1 amide bonds. The number of amides is 1. The average molecular weight is 565 g/mol. The van der Waals surface area contributed by atoms with Gasteiger partial charge in [0.25, 0.3) is 0 Å². The lowest BCUT2D eigenvalue weighted by molar-refractivity contribution is -0.00154. The summed E-state index contributed by atoms with van der Waals surface area (Å²) in [6, 6.07) is 35.1. The van der Waals surface area contributed by atoms with Crippen LogP contribution in [-0.4, -0.2) is 52.5 Å². The Balaban J connectivity index is 1.29. The van der Waals surface area contributed by atoms with Crippen molar-refractivity contribution in [3.8, 4) is 0 Å². The second-order valence-electron chi connectivity index (χ2n) is 11.8. The van der Waals surface area contributed by atoms with Crippen molar-refractivity contribution in [2.75, 3.05) is 19.7 Å². The number of ether oxygens (including phenoxy) is 2. The zero-order valence-corrected chi connectivity index (χ0v) is 24.6. The number of aliphatic hydroxyl groups is 1. The summed E-state index contributed by atoms with van der Waals surface area (Å²) in [5, 5.41) is 10.9. The minimum Gasteiger partial charge on any atom is -0.444 e. The van der Waals surface area contributed by atoms with Gasteiger partial charge >= 0.3 is 6.09 Å². The van der Waals surface area contributed by atoms with Gasteiger partial charge < -0.3 is 19.5 Å². The van der Waals surface area contributed by atoms with Crippen LogP contribution in [0.1, 0.15) is 61.1 Å². The van der Waals surface area contributed by atoms with Crippen molar-refractivity contribution in [2.45, 2.75) is 56.8 Å². The Morgan fingerprint density at radius 3 is 1.86 bits per heavy atom. The molecule has 42 heavy (non-hydrogen) atoms. The molecule has 0 bridgehead atoms. The molecule has 0 aliphatic carbocycles. The fourth-order valence-electron chi connectivity index (χ4n) is 5.69. The van der Waals surface area contributed by atoms with Crippen LogP contribution in [0.15, 0.2) is 109 Å². The van der Waals surface area contributed by atoms with Gasteiger partial charge in [-0.2, -0.15) is 0 Å². The molecule has 1 aliphatic heterocycles. The lowest BCUT2D eigenvalue weighted by Gasteiger charge is -2.36. The Kier molecular flexibility index (Phi) is 9.05. The smallest absolute Gasteiger partial charge is 0.410 e. The third kappa shape index (κ3) is 6.72. The quantitative estimate of drug-likeness (QED) is 0.241. The predicted octanol–water partition coefficient (Wildman–Crippen LogP) is 6.72. The van der Waals surface area contributed by atoms with Crippen molar-refractivity contribution < 1.29 is 19.4 Å². The monoisotopic (exact) mass is 564 g/mol. The number of aromatic nitrogens is 1. The van der Waals surface area contributed by atoms with E-state index in [0.29, 0.717) is 26.0 Å². The molecule has 0 spiro atoms. The Morgan fingerprint density at radius 2 is 1.40 bits per heavy atom. The molecule has 2 heterocycles. The summed E-state index contributed by atoms with van der Waals surface area (Å²) in [4.78, 5) is 18.8. The maximum Gasteiger partial charge on any atom is 0.410 e. The minimum atomic E-state index is -0.768. The number of aliphatic hydroxyl groups excluding tert-OH is 1. The van der Waals surface area contributed by atoms with Crippen LogP contribution in [-0.2, 0) is 21.5 Å². The van der Waals surface area contributed by atoms with Gasteiger partial charge in [-0.3, -0.25) is 4.98 Å². The average Bonchev–Trinajstić information content (AvgIpc) is 3.00. The maximum absolute atomic E-state index is 12.5. The molecule has 1 aromatic heterocycles. The van der Waals surface area contributed by atoms with Gasteiger partial charge in [0.15, 0.2) is 0 Å². The molecule has 1 N–H and O–H groups in total. The van der Waals surface area contributed by atoms with Gasteiger partial charge in [0.2, 0.25) is 0 Å². The summed E-state index contributed by atoms with van der Waals surface area (Å²) in [6.45, 7) is 6.77. The van der Waals surface area contributed by atoms with Crippen molar-refractivity contribution in [1.82, 2.24) is 9.88 Å². The van der Waals surface area contributed by atoms with E-state index in [1.807, 2.05) is 93.7 Å². The summed E-state index contributed by atoms with van der Waals surface area (Å²) in [7, 11) is 0. The number of likely N-dealkylation sites (tertiary alicyclic amines) is 1. The number of hydrogen-bond acceptors (Lipinski definition) is 5. The van der Waals surface area contributed by atoms with Crippen LogP contribution in [0.2, 0.25) is 0 Å². The Labute approximate surface area is 249 Å². The number of piperidine rings is 1. The van der Waals surface area contributed by atoms with Crippen molar-refractivity contribution >= 4 is 6.09 Å². The van der Waals surface area contributed by atoms with E-state index in [9.17, 15) is 9.90 Å². The van der Waals surface area contributed by atoms with Gasteiger partial charge in [-0.1, -0.05) is 97.1 Å². The molecule has 0 saturated carbocycles. The molecule has 2 atom stereocenters. The molecular weight excluding hydrogens is 524 g/mol. The number of carbonyl (C=O) groups excluding carboxylic acids is 1.